The molecule has 2 heterocycles. The fourth-order valence-corrected chi connectivity index (χ4v) is 6.99. The number of methoxy groups -OCH3 is 2. The number of halogens is 5. The van der Waals surface area contributed by atoms with Crippen LogP contribution in [0.3, 0.4) is 0 Å². The summed E-state index contributed by atoms with van der Waals surface area (Å²) < 4.78 is 13.7. The van der Waals surface area contributed by atoms with Gasteiger partial charge < -0.3 is 20.1 Å². The molecular weight excluding hydrogens is 810 g/mol. The number of fused-ring (bicyclic) bond motifs is 2. The fraction of sp³-hybridized carbons (Fsp3) is 0.200. The number of nitrogens with zero attached hydrogens (tertiary/aromatic N) is 2. The summed E-state index contributed by atoms with van der Waals surface area (Å²) in [5, 5.41) is 9.27. The van der Waals surface area contributed by atoms with Gasteiger partial charge in [-0.05, 0) is 90.7 Å². The molecule has 10 nitrogen and oxygen atoms in total. The van der Waals surface area contributed by atoms with Gasteiger partial charge in [-0.2, -0.15) is 0 Å². The van der Waals surface area contributed by atoms with Gasteiger partial charge in [0.25, 0.3) is 11.8 Å². The van der Waals surface area contributed by atoms with E-state index >= 15 is 0 Å². The Bertz CT molecular complexity index is 2420. The second-order valence-corrected chi connectivity index (χ2v) is 14.4. The van der Waals surface area contributed by atoms with Crippen LogP contribution in [0.4, 0.5) is 0 Å². The molecule has 0 aliphatic heterocycles. The van der Waals surface area contributed by atoms with E-state index in [1.165, 1.54) is 31.6 Å². The van der Waals surface area contributed by atoms with Crippen LogP contribution in [0.5, 0.6) is 11.5 Å². The summed E-state index contributed by atoms with van der Waals surface area (Å²) in [6, 6.07) is 18.4. The normalized spacial score (nSPS) is 10.9. The quantitative estimate of drug-likeness (QED) is 0.142. The van der Waals surface area contributed by atoms with Crippen LogP contribution in [-0.2, 0) is 22.4 Å². The summed E-state index contributed by atoms with van der Waals surface area (Å²) in [6.07, 6.45) is 4.62. The van der Waals surface area contributed by atoms with Crippen LogP contribution >= 0.6 is 58.0 Å². The van der Waals surface area contributed by atoms with Gasteiger partial charge in [0.1, 0.15) is 11.5 Å². The van der Waals surface area contributed by atoms with Gasteiger partial charge >= 0.3 is 0 Å². The highest BCUT2D eigenvalue weighted by Crippen LogP contribution is 2.35. The van der Waals surface area contributed by atoms with E-state index in [0.29, 0.717) is 79.7 Å². The molecule has 0 aliphatic carbocycles. The van der Waals surface area contributed by atoms with Crippen molar-refractivity contribution in [1.29, 1.82) is 0 Å². The molecule has 0 spiro atoms. The van der Waals surface area contributed by atoms with Crippen molar-refractivity contribution in [1.82, 2.24) is 19.8 Å². The van der Waals surface area contributed by atoms with E-state index in [0.717, 1.165) is 21.9 Å². The topological polar surface area (TPSA) is 121 Å². The zero-order valence-corrected chi connectivity index (χ0v) is 33.8. The largest absolute Gasteiger partial charge is 0.495 e. The lowest BCUT2D eigenvalue weighted by atomic mass is 10.1. The average Bonchev–Trinajstić information content (AvgIpc) is 3.67. The van der Waals surface area contributed by atoms with Gasteiger partial charge in [-0.25, -0.2) is 0 Å². The summed E-state index contributed by atoms with van der Waals surface area (Å²) in [4.78, 5) is 48.5. The molecule has 0 saturated carbocycles. The van der Waals surface area contributed by atoms with E-state index in [1.54, 1.807) is 78.7 Å². The second-order valence-electron chi connectivity index (χ2n) is 12.3. The van der Waals surface area contributed by atoms with Crippen LogP contribution in [-0.4, -0.2) is 60.1 Å². The monoisotopic (exact) mass is 842 g/mol. The van der Waals surface area contributed by atoms with E-state index in [9.17, 15) is 19.2 Å². The molecule has 0 aliphatic rings. The molecule has 0 saturated heterocycles. The summed E-state index contributed by atoms with van der Waals surface area (Å²) in [6.45, 7) is 3.83. The molecule has 0 radical (unpaired) electrons. The lowest BCUT2D eigenvalue weighted by molar-refractivity contribution is -0.119. The molecule has 55 heavy (non-hydrogen) atoms. The lowest BCUT2D eigenvalue weighted by Crippen LogP contribution is -2.22. The van der Waals surface area contributed by atoms with Gasteiger partial charge in [0.15, 0.2) is 0 Å². The first-order chi connectivity index (χ1) is 26.2. The third-order valence-electron chi connectivity index (χ3n) is 8.55. The van der Waals surface area contributed by atoms with E-state index in [2.05, 4.69) is 10.6 Å². The summed E-state index contributed by atoms with van der Waals surface area (Å²) in [5.74, 6) is 0.318. The van der Waals surface area contributed by atoms with Crippen molar-refractivity contribution >= 4 is 103 Å². The fourth-order valence-electron chi connectivity index (χ4n) is 5.91. The lowest BCUT2D eigenvalue weighted by Gasteiger charge is -2.08. The molecule has 0 atom stereocenters. The van der Waals surface area contributed by atoms with Crippen LogP contribution in [0.25, 0.3) is 21.8 Å². The number of rotatable bonds is 10. The third kappa shape index (κ3) is 9.76. The number of ether oxygens (including phenoxy) is 2. The number of aromatic nitrogens is 2. The standard InChI is InChI=1S/C20H17Cl3N2O3.C20H18Cl2N2O3/c1-11(26)24-6-5-12-10-25(18-9-17(23)19(28-2)8-15(12)18)20(27)14-4-3-13(21)7-16(14)22;1-12(25)23-8-7-14-11-24(20(26)13-3-5-15(21)6-4-13)18-10-17(22)19(27-2)9-16(14)18/h3-4,7-10H,5-6H2,1-2H3,(H,24,26);3-6,9-11H,7-8H2,1-2H3,(H,23,25). The number of carbonyl (C=O) groups excluding carboxylic acids is 4. The SMILES string of the molecule is COc1cc2c(CCNC(C)=O)cn(C(=O)c3ccc(Cl)cc3)c2cc1Cl.COc1cc2c(CCNC(C)=O)cn(C(=O)c3ccc(Cl)cc3Cl)c2cc1Cl. The summed E-state index contributed by atoms with van der Waals surface area (Å²) in [7, 11) is 3.07. The molecule has 0 unspecified atom stereocenters. The van der Waals surface area contributed by atoms with Crippen LogP contribution in [0, 0.1) is 0 Å². The van der Waals surface area contributed by atoms with Crippen molar-refractivity contribution in [3.05, 3.63) is 126 Å². The molecule has 2 N–H and O–H groups in total. The Balaban J connectivity index is 0.000000211. The number of nitrogens with one attached hydrogen (secondary N) is 2. The van der Waals surface area contributed by atoms with Crippen LogP contribution in [0.2, 0.25) is 25.1 Å². The minimum Gasteiger partial charge on any atom is -0.495 e. The van der Waals surface area contributed by atoms with Gasteiger partial charge in [-0.1, -0.05) is 58.0 Å². The Kier molecular flexibility index (Phi) is 13.8. The molecule has 15 heteroatoms. The van der Waals surface area contributed by atoms with E-state index < -0.39 is 0 Å². The maximum atomic E-state index is 13.1. The first kappa shape index (κ1) is 41.5. The number of hydrogen-bond acceptors (Lipinski definition) is 6. The molecule has 2 aromatic heterocycles. The number of amides is 2. The minimum absolute atomic E-state index is 0.100. The third-order valence-corrected chi connectivity index (χ3v) is 9.94. The number of carbonyl (C=O) groups is 4. The predicted octanol–water partition coefficient (Wildman–Crippen LogP) is 9.30. The molecule has 4 aromatic carbocycles. The van der Waals surface area contributed by atoms with Crippen molar-refractivity contribution in [2.45, 2.75) is 26.7 Å². The van der Waals surface area contributed by atoms with Crippen molar-refractivity contribution < 1.29 is 28.7 Å². The molecule has 6 aromatic rings. The van der Waals surface area contributed by atoms with Gasteiger partial charge in [0.05, 0.1) is 45.9 Å². The first-order valence-electron chi connectivity index (χ1n) is 16.8. The molecule has 286 valence electrons. The molecule has 6 rings (SSSR count). The van der Waals surface area contributed by atoms with Crippen molar-refractivity contribution in [2.24, 2.45) is 0 Å². The maximum absolute atomic E-state index is 13.1. The Hall–Kier alpha value is -4.71. The highest BCUT2D eigenvalue weighted by atomic mass is 35.5. The summed E-state index contributed by atoms with van der Waals surface area (Å²) in [5.41, 5.74) is 3.92. The van der Waals surface area contributed by atoms with Crippen molar-refractivity contribution in [2.75, 3.05) is 27.3 Å². The molecule has 0 fully saturated rings. The van der Waals surface area contributed by atoms with Crippen molar-refractivity contribution in [3.8, 4) is 11.5 Å². The van der Waals surface area contributed by atoms with Gasteiger partial charge in [-0.3, -0.25) is 28.3 Å². The Morgan fingerprint density at radius 3 is 1.47 bits per heavy atom. The van der Waals surface area contributed by atoms with Crippen molar-refractivity contribution in [3.63, 3.8) is 0 Å². The maximum Gasteiger partial charge on any atom is 0.263 e. The summed E-state index contributed by atoms with van der Waals surface area (Å²) >= 11 is 30.6. The van der Waals surface area contributed by atoms with Gasteiger partial charge in [0.2, 0.25) is 11.8 Å². The van der Waals surface area contributed by atoms with E-state index in [-0.39, 0.29) is 28.7 Å². The zero-order chi connectivity index (χ0) is 40.0. The highest BCUT2D eigenvalue weighted by Gasteiger charge is 2.21. The molecule has 0 bridgehead atoms. The molecule has 2 amide bonds. The minimum atomic E-state index is -0.307. The molecular formula is C40H35Cl5N4O6. The van der Waals surface area contributed by atoms with E-state index in [4.69, 9.17) is 67.5 Å². The highest BCUT2D eigenvalue weighted by molar-refractivity contribution is 6.37. The first-order valence-corrected chi connectivity index (χ1v) is 18.6. The second kappa shape index (κ2) is 18.3. The van der Waals surface area contributed by atoms with Crippen LogP contribution in [0.15, 0.2) is 79.1 Å². The zero-order valence-electron chi connectivity index (χ0n) is 30.1. The smallest absolute Gasteiger partial charge is 0.263 e. The predicted molar refractivity (Wildman–Crippen MR) is 219 cm³/mol. The van der Waals surface area contributed by atoms with Crippen LogP contribution < -0.4 is 20.1 Å². The number of hydrogen-bond donors (Lipinski definition) is 2. The van der Waals surface area contributed by atoms with Crippen LogP contribution in [0.1, 0.15) is 45.7 Å². The number of benzene rings is 4. The van der Waals surface area contributed by atoms with Gasteiger partial charge in [-0.15, -0.1) is 0 Å². The Labute approximate surface area is 342 Å². The average molecular weight is 845 g/mol. The van der Waals surface area contributed by atoms with Gasteiger partial charge in [0, 0.05) is 65.7 Å². The Morgan fingerprint density at radius 1 is 0.582 bits per heavy atom. The van der Waals surface area contributed by atoms with E-state index in [1.807, 2.05) is 6.07 Å². The Morgan fingerprint density at radius 2 is 1.04 bits per heavy atom.